The fourth-order valence-corrected chi connectivity index (χ4v) is 1.68. The molecule has 0 aliphatic heterocycles. The molecule has 0 amide bonds. The van der Waals surface area contributed by atoms with Crippen LogP contribution in [0, 0.1) is 35.4 Å². The Labute approximate surface area is 187 Å². The van der Waals surface area contributed by atoms with E-state index in [9.17, 15) is 17.6 Å². The first kappa shape index (κ1) is 26.6. The molecule has 2 nitrogen and oxygen atoms in total. The van der Waals surface area contributed by atoms with Crippen LogP contribution in [0.15, 0.2) is 72.9 Å². The summed E-state index contributed by atoms with van der Waals surface area (Å²) in [6.07, 6.45) is 20.0. The second-order valence-corrected chi connectivity index (χ2v) is 5.34. The first-order chi connectivity index (χ1) is 13.4. The maximum atomic E-state index is 12.2. The van der Waals surface area contributed by atoms with Crippen LogP contribution < -0.4 is 11.5 Å². The summed E-state index contributed by atoms with van der Waals surface area (Å²) in [5, 5.41) is 0. The van der Waals surface area contributed by atoms with E-state index >= 15 is 0 Å². The molecule has 0 spiro atoms. The van der Waals surface area contributed by atoms with Crippen LogP contribution in [0.3, 0.4) is 0 Å². The van der Waals surface area contributed by atoms with Gasteiger partial charge in [0.15, 0.2) is 0 Å². The number of nitrogen functional groups attached to an aromatic ring is 2. The van der Waals surface area contributed by atoms with Gasteiger partial charge in [-0.05, 0) is 24.3 Å². The minimum Gasteiger partial charge on any atom is -0.396 e. The third-order valence-corrected chi connectivity index (χ3v) is 3.10. The van der Waals surface area contributed by atoms with Gasteiger partial charge in [0.1, 0.15) is 23.3 Å². The molecule has 2 aliphatic carbocycles. The van der Waals surface area contributed by atoms with Crippen molar-refractivity contribution in [2.24, 2.45) is 0 Å². The predicted molar refractivity (Wildman–Crippen MR) is 105 cm³/mol. The molecule has 0 radical (unpaired) electrons. The van der Waals surface area contributed by atoms with Crippen LogP contribution in [0.25, 0.3) is 0 Å². The van der Waals surface area contributed by atoms with Crippen molar-refractivity contribution in [1.29, 1.82) is 0 Å². The zero-order valence-corrected chi connectivity index (χ0v) is 18.0. The van der Waals surface area contributed by atoms with Crippen LogP contribution in [-0.4, -0.2) is 0 Å². The average molecular weight is 480 g/mol. The molecule has 29 heavy (non-hydrogen) atoms. The Balaban J connectivity index is 0.000000369. The van der Waals surface area contributed by atoms with Gasteiger partial charge in [0, 0.05) is 12.1 Å². The fraction of sp³-hybridized carbons (Fsp3) is 0.0909. The molecule has 2 aromatic rings. The van der Waals surface area contributed by atoms with Crippen LogP contribution >= 0.6 is 0 Å². The molecular weight excluding hydrogens is 459 g/mol. The number of anilines is 2. The van der Waals surface area contributed by atoms with Crippen molar-refractivity contribution >= 4 is 11.4 Å². The molecule has 0 aromatic heterocycles. The Morgan fingerprint density at radius 3 is 1.21 bits per heavy atom. The van der Waals surface area contributed by atoms with Crippen molar-refractivity contribution in [3.63, 3.8) is 0 Å². The van der Waals surface area contributed by atoms with Crippen molar-refractivity contribution < 1.29 is 43.8 Å². The molecule has 2 aromatic carbocycles. The molecule has 2 aliphatic rings. The fourth-order valence-electron chi connectivity index (χ4n) is 1.68. The summed E-state index contributed by atoms with van der Waals surface area (Å²) in [6.45, 7) is 0. The predicted octanol–water partition coefficient (Wildman–Crippen LogP) is 5.70. The second kappa shape index (κ2) is 15.5. The van der Waals surface area contributed by atoms with Gasteiger partial charge < -0.3 is 11.5 Å². The van der Waals surface area contributed by atoms with Crippen molar-refractivity contribution in [2.45, 2.75) is 12.8 Å². The van der Waals surface area contributed by atoms with Gasteiger partial charge >= 0.3 is 26.2 Å². The molecule has 7 heteroatoms. The van der Waals surface area contributed by atoms with Gasteiger partial charge in [-0.25, -0.2) is 41.9 Å². The van der Waals surface area contributed by atoms with Gasteiger partial charge in [0.05, 0.1) is 11.4 Å². The molecule has 0 bridgehead atoms. The van der Waals surface area contributed by atoms with Gasteiger partial charge in [-0.15, -0.1) is 12.8 Å². The van der Waals surface area contributed by atoms with Crippen LogP contribution in [0.1, 0.15) is 12.8 Å². The van der Waals surface area contributed by atoms with Crippen molar-refractivity contribution in [1.82, 2.24) is 0 Å². The number of nitrogens with two attached hydrogens (primary N) is 2. The largest absolute Gasteiger partial charge is 2.00 e. The average Bonchev–Trinajstić information content (AvgIpc) is 3.41. The number of benzene rings is 2. The zero-order valence-electron chi connectivity index (χ0n) is 15.5. The Bertz CT molecular complexity index is 770. The van der Waals surface area contributed by atoms with E-state index in [0.29, 0.717) is 0 Å². The Morgan fingerprint density at radius 2 is 1.03 bits per heavy atom. The van der Waals surface area contributed by atoms with Crippen LogP contribution in [0.5, 0.6) is 0 Å². The number of halogens is 4. The van der Waals surface area contributed by atoms with E-state index in [4.69, 9.17) is 11.5 Å². The van der Waals surface area contributed by atoms with Gasteiger partial charge in [0.2, 0.25) is 0 Å². The molecule has 0 unspecified atom stereocenters. The maximum Gasteiger partial charge on any atom is 2.00 e. The van der Waals surface area contributed by atoms with E-state index in [1.165, 1.54) is 12.1 Å². The van der Waals surface area contributed by atoms with E-state index < -0.39 is 23.3 Å². The summed E-state index contributed by atoms with van der Waals surface area (Å²) < 4.78 is 48.5. The molecule has 4 N–H and O–H groups in total. The smallest absolute Gasteiger partial charge is 0.396 e. The molecule has 0 heterocycles. The Kier molecular flexibility index (Phi) is 14.2. The summed E-state index contributed by atoms with van der Waals surface area (Å²) in [4.78, 5) is 0. The molecule has 0 saturated carbocycles. The van der Waals surface area contributed by atoms with Crippen LogP contribution in [0.4, 0.5) is 28.9 Å². The van der Waals surface area contributed by atoms with E-state index in [0.717, 1.165) is 37.1 Å². The number of hydrogen-bond acceptors (Lipinski definition) is 2. The second-order valence-electron chi connectivity index (χ2n) is 5.34. The third kappa shape index (κ3) is 12.6. The van der Waals surface area contributed by atoms with E-state index in [2.05, 4.69) is 24.3 Å². The topological polar surface area (TPSA) is 52.0 Å². The van der Waals surface area contributed by atoms with Crippen molar-refractivity contribution in [3.8, 4) is 0 Å². The molecule has 0 saturated heterocycles. The van der Waals surface area contributed by atoms with Crippen molar-refractivity contribution in [3.05, 3.63) is 108 Å². The summed E-state index contributed by atoms with van der Waals surface area (Å²) in [7, 11) is 0. The van der Waals surface area contributed by atoms with Gasteiger partial charge in [-0.2, -0.15) is 12.2 Å². The minimum atomic E-state index is -0.713. The van der Waals surface area contributed by atoms with Crippen LogP contribution in [0.2, 0.25) is 0 Å². The summed E-state index contributed by atoms with van der Waals surface area (Å²) >= 11 is 0. The van der Waals surface area contributed by atoms with Crippen molar-refractivity contribution in [2.75, 3.05) is 11.5 Å². The monoisotopic (exact) mass is 478 g/mol. The molecule has 150 valence electrons. The minimum absolute atomic E-state index is 0. The van der Waals surface area contributed by atoms with Gasteiger partial charge in [-0.1, -0.05) is 0 Å². The van der Waals surface area contributed by atoms with Gasteiger partial charge in [-0.3, -0.25) is 12.2 Å². The Hall–Kier alpha value is -2.40. The zero-order chi connectivity index (χ0) is 20.8. The number of hydrogen-bond donors (Lipinski definition) is 2. The molecule has 0 fully saturated rings. The van der Waals surface area contributed by atoms with E-state index in [-0.39, 0.29) is 37.6 Å². The summed E-state index contributed by atoms with van der Waals surface area (Å²) in [6, 6.07) is 6.08. The standard InChI is InChI=1S/2C6H5F2N.2C5H5.Zr/c2*7-4-1-2-6(9)5(8)3-4;2*1-2-4-5-3-1;/h2*1-3H,9H2;2*1-3H,4H2;/q;;2*-1;+2. The summed E-state index contributed by atoms with van der Waals surface area (Å²) in [5.74, 6) is -2.64. The first-order valence-corrected chi connectivity index (χ1v) is 8.24. The van der Waals surface area contributed by atoms with E-state index in [1.807, 2.05) is 24.3 Å². The number of rotatable bonds is 0. The first-order valence-electron chi connectivity index (χ1n) is 8.24. The maximum absolute atomic E-state index is 12.2. The van der Waals surface area contributed by atoms with Gasteiger partial charge in [0.25, 0.3) is 0 Å². The molecular formula is C22H20F4N2Zr. The third-order valence-electron chi connectivity index (χ3n) is 3.10. The molecule has 4 rings (SSSR count). The quantitative estimate of drug-likeness (QED) is 0.289. The summed E-state index contributed by atoms with van der Waals surface area (Å²) in [5.41, 5.74) is 10.0. The van der Waals surface area contributed by atoms with E-state index in [1.54, 1.807) is 0 Å². The number of allylic oxidation sites excluding steroid dienone is 8. The Morgan fingerprint density at radius 1 is 0.655 bits per heavy atom. The molecule has 0 atom stereocenters. The van der Waals surface area contributed by atoms with Crippen LogP contribution in [-0.2, 0) is 26.2 Å². The normalized spacial score (nSPS) is 12.0. The SMILES string of the molecule is Nc1ccc(F)cc1F.Nc1ccc(F)cc1F.[C-]1=CC=CC1.[C-]1=CC=CC1.[Zr+2].